The Morgan fingerprint density at radius 2 is 1.89 bits per heavy atom. The first kappa shape index (κ1) is 13.9. The summed E-state index contributed by atoms with van der Waals surface area (Å²) in [5.41, 5.74) is 1.75. The van der Waals surface area contributed by atoms with E-state index in [2.05, 4.69) is 11.2 Å². The van der Waals surface area contributed by atoms with Crippen LogP contribution in [0.5, 0.6) is 0 Å². The molecule has 1 aromatic carbocycles. The number of halogens is 2. The lowest BCUT2D eigenvalue weighted by atomic mass is 10.1. The fraction of sp³-hybridized carbons (Fsp3) is 0.286. The molecule has 2 aromatic rings. The molecule has 0 aliphatic rings. The number of rotatable bonds is 1. The van der Waals surface area contributed by atoms with Crippen LogP contribution in [0.3, 0.4) is 0 Å². The summed E-state index contributed by atoms with van der Waals surface area (Å²) in [7, 11) is 0. The van der Waals surface area contributed by atoms with E-state index in [1.807, 2.05) is 26.8 Å². The van der Waals surface area contributed by atoms with Gasteiger partial charge in [0.1, 0.15) is 11.8 Å². The van der Waals surface area contributed by atoms with Crippen molar-refractivity contribution in [2.45, 2.75) is 26.3 Å². The fourth-order valence-corrected chi connectivity index (χ4v) is 1.95. The van der Waals surface area contributed by atoms with Crippen LogP contribution in [0.4, 0.5) is 0 Å². The summed E-state index contributed by atoms with van der Waals surface area (Å²) in [4.78, 5) is 0. The van der Waals surface area contributed by atoms with Crippen LogP contribution in [-0.4, -0.2) is 9.78 Å². The summed E-state index contributed by atoms with van der Waals surface area (Å²) in [6.45, 7) is 6.08. The van der Waals surface area contributed by atoms with Gasteiger partial charge in [-0.2, -0.15) is 10.4 Å². The first-order valence-corrected chi connectivity index (χ1v) is 6.54. The second-order valence-electron chi connectivity index (χ2n) is 5.25. The molecule has 0 saturated heterocycles. The molecule has 98 valence electrons. The molecule has 3 nitrogen and oxygen atoms in total. The highest BCUT2D eigenvalue weighted by Crippen LogP contribution is 2.30. The van der Waals surface area contributed by atoms with Crippen molar-refractivity contribution < 1.29 is 0 Å². The average molecular weight is 294 g/mol. The third-order valence-corrected chi connectivity index (χ3v) is 3.45. The highest BCUT2D eigenvalue weighted by atomic mass is 35.5. The van der Waals surface area contributed by atoms with E-state index in [0.717, 1.165) is 5.56 Å². The van der Waals surface area contributed by atoms with Gasteiger partial charge in [0, 0.05) is 11.8 Å². The number of nitrogens with zero attached hydrogens (tertiary/aromatic N) is 3. The summed E-state index contributed by atoms with van der Waals surface area (Å²) in [5.74, 6) is 0. The number of hydrogen-bond donors (Lipinski definition) is 0. The lowest BCUT2D eigenvalue weighted by Gasteiger charge is -2.18. The van der Waals surface area contributed by atoms with E-state index in [9.17, 15) is 5.26 Å². The monoisotopic (exact) mass is 293 g/mol. The topological polar surface area (TPSA) is 41.6 Å². The Morgan fingerprint density at radius 1 is 1.21 bits per heavy atom. The maximum Gasteiger partial charge on any atom is 0.110 e. The molecule has 0 amide bonds. The van der Waals surface area contributed by atoms with Gasteiger partial charge in [-0.1, -0.05) is 29.3 Å². The summed E-state index contributed by atoms with van der Waals surface area (Å²) < 4.78 is 1.78. The van der Waals surface area contributed by atoms with Crippen molar-refractivity contribution in [1.29, 1.82) is 5.26 Å². The van der Waals surface area contributed by atoms with Crippen LogP contribution in [0.2, 0.25) is 10.0 Å². The molecule has 0 fully saturated rings. The number of hydrogen-bond acceptors (Lipinski definition) is 2. The SMILES string of the molecule is CC(C)(C)n1cc(C#N)c(-c2ccc(Cl)c(Cl)c2)n1. The zero-order valence-corrected chi connectivity index (χ0v) is 12.4. The van der Waals surface area contributed by atoms with Crippen molar-refractivity contribution >= 4 is 23.2 Å². The van der Waals surface area contributed by atoms with Gasteiger partial charge in [-0.3, -0.25) is 4.68 Å². The number of aromatic nitrogens is 2. The molecule has 0 aliphatic carbocycles. The largest absolute Gasteiger partial charge is 0.265 e. The first-order chi connectivity index (χ1) is 8.82. The predicted molar refractivity (Wildman–Crippen MR) is 77.4 cm³/mol. The third-order valence-electron chi connectivity index (χ3n) is 2.72. The Kier molecular flexibility index (Phi) is 3.58. The van der Waals surface area contributed by atoms with Gasteiger partial charge in [-0.15, -0.1) is 0 Å². The molecule has 0 unspecified atom stereocenters. The zero-order valence-electron chi connectivity index (χ0n) is 10.9. The van der Waals surface area contributed by atoms with E-state index in [1.165, 1.54) is 0 Å². The molecule has 0 saturated carbocycles. The molecule has 0 atom stereocenters. The molecule has 5 heteroatoms. The van der Waals surface area contributed by atoms with E-state index in [4.69, 9.17) is 23.2 Å². The van der Waals surface area contributed by atoms with Gasteiger partial charge in [-0.25, -0.2) is 0 Å². The molecule has 0 radical (unpaired) electrons. The Bertz CT molecular complexity index is 660. The van der Waals surface area contributed by atoms with E-state index < -0.39 is 0 Å². The summed E-state index contributed by atoms with van der Waals surface area (Å²) in [6, 6.07) is 7.40. The molecule has 0 spiro atoms. The molecule has 1 heterocycles. The van der Waals surface area contributed by atoms with Crippen LogP contribution in [-0.2, 0) is 5.54 Å². The molecule has 19 heavy (non-hydrogen) atoms. The third kappa shape index (κ3) is 2.75. The van der Waals surface area contributed by atoms with E-state index >= 15 is 0 Å². The van der Waals surface area contributed by atoms with Crippen molar-refractivity contribution in [3.63, 3.8) is 0 Å². The van der Waals surface area contributed by atoms with Crippen LogP contribution >= 0.6 is 23.2 Å². The Hall–Kier alpha value is -1.50. The minimum absolute atomic E-state index is 0.180. The normalized spacial score (nSPS) is 11.4. The second kappa shape index (κ2) is 4.88. The van der Waals surface area contributed by atoms with Crippen molar-refractivity contribution in [1.82, 2.24) is 9.78 Å². The quantitative estimate of drug-likeness (QED) is 0.778. The minimum Gasteiger partial charge on any atom is -0.265 e. The van der Waals surface area contributed by atoms with Crippen LogP contribution in [0.15, 0.2) is 24.4 Å². The van der Waals surface area contributed by atoms with Gasteiger partial charge in [0.25, 0.3) is 0 Å². The van der Waals surface area contributed by atoms with Crippen LogP contribution in [0.1, 0.15) is 26.3 Å². The van der Waals surface area contributed by atoms with Crippen LogP contribution in [0, 0.1) is 11.3 Å². The van der Waals surface area contributed by atoms with Gasteiger partial charge in [0.2, 0.25) is 0 Å². The molecule has 0 aliphatic heterocycles. The number of benzene rings is 1. The van der Waals surface area contributed by atoms with Gasteiger partial charge >= 0.3 is 0 Å². The summed E-state index contributed by atoms with van der Waals surface area (Å²) >= 11 is 11.9. The van der Waals surface area contributed by atoms with E-state index in [1.54, 1.807) is 23.0 Å². The van der Waals surface area contributed by atoms with Gasteiger partial charge in [0.15, 0.2) is 0 Å². The van der Waals surface area contributed by atoms with Crippen molar-refractivity contribution in [2.24, 2.45) is 0 Å². The second-order valence-corrected chi connectivity index (χ2v) is 6.06. The van der Waals surface area contributed by atoms with Crippen molar-refractivity contribution in [3.8, 4) is 17.3 Å². The number of nitriles is 1. The summed E-state index contributed by atoms with van der Waals surface area (Å²) in [6.07, 6.45) is 1.75. The zero-order chi connectivity index (χ0) is 14.2. The first-order valence-electron chi connectivity index (χ1n) is 5.78. The molecular formula is C14H13Cl2N3. The molecule has 1 aromatic heterocycles. The molecule has 0 bridgehead atoms. The predicted octanol–water partition coefficient (Wildman–Crippen LogP) is 4.48. The highest BCUT2D eigenvalue weighted by Gasteiger charge is 2.19. The maximum atomic E-state index is 9.22. The van der Waals surface area contributed by atoms with Crippen molar-refractivity contribution in [3.05, 3.63) is 40.0 Å². The highest BCUT2D eigenvalue weighted by molar-refractivity contribution is 6.42. The van der Waals surface area contributed by atoms with E-state index in [0.29, 0.717) is 21.3 Å². The van der Waals surface area contributed by atoms with Crippen LogP contribution < -0.4 is 0 Å². The lowest BCUT2D eigenvalue weighted by molar-refractivity contribution is 0.356. The van der Waals surface area contributed by atoms with Crippen molar-refractivity contribution in [2.75, 3.05) is 0 Å². The smallest absolute Gasteiger partial charge is 0.110 e. The molecule has 0 N–H and O–H groups in total. The summed E-state index contributed by atoms with van der Waals surface area (Å²) in [5, 5.41) is 14.6. The average Bonchev–Trinajstić information content (AvgIpc) is 2.76. The van der Waals surface area contributed by atoms with Gasteiger partial charge in [0.05, 0.1) is 21.1 Å². The molecular weight excluding hydrogens is 281 g/mol. The Morgan fingerprint density at radius 3 is 2.42 bits per heavy atom. The van der Waals surface area contributed by atoms with Crippen LogP contribution in [0.25, 0.3) is 11.3 Å². The Balaban J connectivity index is 2.59. The molecule has 2 rings (SSSR count). The standard InChI is InChI=1S/C14H13Cl2N3/c1-14(2,3)19-8-10(7-17)13(18-19)9-4-5-11(15)12(16)6-9/h4-6,8H,1-3H3. The van der Waals surface area contributed by atoms with E-state index in [-0.39, 0.29) is 5.54 Å². The van der Waals surface area contributed by atoms with Gasteiger partial charge < -0.3 is 0 Å². The fourth-order valence-electron chi connectivity index (χ4n) is 1.66. The minimum atomic E-state index is -0.180. The lowest BCUT2D eigenvalue weighted by Crippen LogP contribution is -2.22. The van der Waals surface area contributed by atoms with Gasteiger partial charge in [-0.05, 0) is 32.9 Å². The Labute approximate surface area is 122 Å². The maximum absolute atomic E-state index is 9.22.